The Morgan fingerprint density at radius 3 is 2.58 bits per heavy atom. The van der Waals surface area contributed by atoms with Gasteiger partial charge in [0.15, 0.2) is 6.10 Å². The molecule has 0 aromatic heterocycles. The third kappa shape index (κ3) is 5.44. The molecule has 130 valence electrons. The van der Waals surface area contributed by atoms with Crippen LogP contribution >= 0.6 is 0 Å². The van der Waals surface area contributed by atoms with Gasteiger partial charge < -0.3 is 9.58 Å². The molecule has 0 radical (unpaired) electrons. The average Bonchev–Trinajstić information content (AvgIpc) is 2.83. The molecule has 1 heterocycles. The Kier molecular flexibility index (Phi) is 7.01. The van der Waals surface area contributed by atoms with Crippen molar-refractivity contribution >= 4 is 18.0 Å². The maximum Gasteiger partial charge on any atom is 0.534 e. The van der Waals surface area contributed by atoms with Crippen molar-refractivity contribution in [2.45, 2.75) is 45.6 Å². The molecule has 10 heteroatoms. The van der Waals surface area contributed by atoms with E-state index >= 15 is 0 Å². The van der Waals surface area contributed by atoms with Gasteiger partial charge in [-0.1, -0.05) is 24.0 Å². The maximum absolute atomic E-state index is 11.8. The molecule has 24 heavy (non-hydrogen) atoms. The van der Waals surface area contributed by atoms with Gasteiger partial charge in [0.2, 0.25) is 0 Å². The van der Waals surface area contributed by atoms with Crippen LogP contribution in [0, 0.1) is 12.0 Å². The predicted molar refractivity (Wildman–Crippen MR) is 80.9 cm³/mol. The van der Waals surface area contributed by atoms with Crippen molar-refractivity contribution in [3.63, 3.8) is 0 Å². The van der Waals surface area contributed by atoms with Crippen LogP contribution in [-0.2, 0) is 19.2 Å². The van der Waals surface area contributed by atoms with Gasteiger partial charge >= 0.3 is 6.16 Å². The van der Waals surface area contributed by atoms with E-state index in [1.165, 1.54) is 0 Å². The second-order valence-corrected chi connectivity index (χ2v) is 5.92. The summed E-state index contributed by atoms with van der Waals surface area (Å²) in [6.07, 6.45) is -0.907. The molecule has 0 N–H and O–H groups in total. The molecule has 1 fully saturated rings. The van der Waals surface area contributed by atoms with Crippen molar-refractivity contribution in [3.05, 3.63) is 21.9 Å². The van der Waals surface area contributed by atoms with Crippen LogP contribution in [0.25, 0.3) is 15.3 Å². The summed E-state index contributed by atoms with van der Waals surface area (Å²) in [5.41, 5.74) is 7.68. The van der Waals surface area contributed by atoms with E-state index in [0.717, 1.165) is 0 Å². The molecule has 1 rings (SSSR count). The van der Waals surface area contributed by atoms with E-state index in [4.69, 9.17) is 16.8 Å². The Bertz CT molecular complexity index is 575. The molecule has 1 atom stereocenters. The predicted octanol–water partition coefficient (Wildman–Crippen LogP) is 2.61. The van der Waals surface area contributed by atoms with Crippen LogP contribution in [0.5, 0.6) is 0 Å². The van der Waals surface area contributed by atoms with E-state index < -0.39 is 29.5 Å². The first-order chi connectivity index (χ1) is 11.3. The van der Waals surface area contributed by atoms with Crippen LogP contribution in [0.3, 0.4) is 0 Å². The van der Waals surface area contributed by atoms with Gasteiger partial charge in [-0.15, -0.1) is 0 Å². The van der Waals surface area contributed by atoms with Crippen molar-refractivity contribution in [2.75, 3.05) is 13.1 Å². The number of hydrogen-bond acceptors (Lipinski definition) is 6. The first-order valence-electron chi connectivity index (χ1n) is 7.40. The summed E-state index contributed by atoms with van der Waals surface area (Å²) in [5, 5.41) is 3.83. The smallest absolute Gasteiger partial charge is 0.421 e. The standard InChI is InChI=1S/C14H19N5O5/c1-14(2,7-4-8-17-18-15)10(9-16-3)23-13(22)24-19-11(20)5-6-12(19)21/h10H,4-9H2,1-2H3. The SMILES string of the molecule is [C-]#[N+]CC(OC(=O)ON1C(=O)CCC1=O)C(C)(C)CCCN=[N+]=[N-]. The lowest BCUT2D eigenvalue weighted by Gasteiger charge is -2.30. The van der Waals surface area contributed by atoms with Gasteiger partial charge in [0.1, 0.15) is 0 Å². The lowest BCUT2D eigenvalue weighted by Crippen LogP contribution is -2.39. The molecule has 1 unspecified atom stereocenters. The van der Waals surface area contributed by atoms with Gasteiger partial charge in [-0.2, -0.15) is 0 Å². The van der Waals surface area contributed by atoms with Gasteiger partial charge in [-0.3, -0.25) is 14.4 Å². The van der Waals surface area contributed by atoms with E-state index in [9.17, 15) is 14.4 Å². The number of carbonyl (C=O) groups is 3. The minimum absolute atomic E-state index is 0.0114. The second-order valence-electron chi connectivity index (χ2n) is 5.92. The van der Waals surface area contributed by atoms with Crippen LogP contribution in [0.1, 0.15) is 39.5 Å². The lowest BCUT2D eigenvalue weighted by molar-refractivity contribution is -0.180. The van der Waals surface area contributed by atoms with E-state index in [1.54, 1.807) is 13.8 Å². The second kappa shape index (κ2) is 8.74. The molecule has 0 bridgehead atoms. The fraction of sp³-hybridized carbons (Fsp3) is 0.714. The highest BCUT2D eigenvalue weighted by Gasteiger charge is 2.38. The van der Waals surface area contributed by atoms with E-state index in [-0.39, 0.29) is 19.4 Å². The number of azide groups is 1. The fourth-order valence-electron chi connectivity index (χ4n) is 2.21. The Balaban J connectivity index is 2.65. The number of ether oxygens (including phenoxy) is 1. The third-order valence-corrected chi connectivity index (χ3v) is 3.68. The minimum atomic E-state index is -1.20. The highest BCUT2D eigenvalue weighted by atomic mass is 16.8. The monoisotopic (exact) mass is 337 g/mol. The molecular formula is C14H19N5O5. The molecule has 1 aliphatic heterocycles. The Morgan fingerprint density at radius 2 is 2.04 bits per heavy atom. The van der Waals surface area contributed by atoms with Crippen LogP contribution in [0.2, 0.25) is 0 Å². The number of imide groups is 1. The molecule has 1 saturated heterocycles. The zero-order chi connectivity index (χ0) is 18.2. The molecule has 0 spiro atoms. The molecule has 10 nitrogen and oxygen atoms in total. The maximum atomic E-state index is 11.8. The molecule has 1 aliphatic rings. The van der Waals surface area contributed by atoms with Crippen molar-refractivity contribution < 1.29 is 24.0 Å². The number of carbonyl (C=O) groups excluding carboxylic acids is 3. The van der Waals surface area contributed by atoms with E-state index in [0.29, 0.717) is 24.4 Å². The molecular weight excluding hydrogens is 318 g/mol. The molecule has 0 aromatic carbocycles. The van der Waals surface area contributed by atoms with Crippen LogP contribution < -0.4 is 0 Å². The number of rotatable bonds is 8. The van der Waals surface area contributed by atoms with Gasteiger partial charge in [0.05, 0.1) is 0 Å². The van der Waals surface area contributed by atoms with Crippen molar-refractivity contribution in [1.29, 1.82) is 0 Å². The quantitative estimate of drug-likeness (QED) is 0.128. The van der Waals surface area contributed by atoms with Crippen LogP contribution in [0.15, 0.2) is 5.11 Å². The average molecular weight is 337 g/mol. The topological polar surface area (TPSA) is 126 Å². The lowest BCUT2D eigenvalue weighted by atomic mass is 9.82. The summed E-state index contributed by atoms with van der Waals surface area (Å²) in [6.45, 7) is 10.8. The number of hydrogen-bond donors (Lipinski definition) is 0. The summed E-state index contributed by atoms with van der Waals surface area (Å²) in [5.74, 6) is -1.21. The van der Waals surface area contributed by atoms with E-state index in [1.807, 2.05) is 0 Å². The third-order valence-electron chi connectivity index (χ3n) is 3.68. The van der Waals surface area contributed by atoms with E-state index in [2.05, 4.69) is 19.7 Å². The van der Waals surface area contributed by atoms with Gasteiger partial charge in [-0.05, 0) is 18.4 Å². The molecule has 0 saturated carbocycles. The van der Waals surface area contributed by atoms with Gasteiger partial charge in [-0.25, -0.2) is 11.4 Å². The largest absolute Gasteiger partial charge is 0.534 e. The summed E-state index contributed by atoms with van der Waals surface area (Å²) >= 11 is 0. The number of hydroxylamine groups is 2. The first kappa shape index (κ1) is 19.3. The molecule has 0 aliphatic carbocycles. The Hall–Kier alpha value is -2.79. The van der Waals surface area contributed by atoms with Crippen LogP contribution in [-0.4, -0.2) is 42.2 Å². The summed E-state index contributed by atoms with van der Waals surface area (Å²) in [6, 6.07) is 0. The minimum Gasteiger partial charge on any atom is -0.421 e. The molecule has 0 aromatic rings. The van der Waals surface area contributed by atoms with Crippen molar-refractivity contribution in [2.24, 2.45) is 10.5 Å². The Morgan fingerprint density at radius 1 is 1.42 bits per heavy atom. The highest BCUT2D eigenvalue weighted by molar-refractivity contribution is 6.01. The zero-order valence-corrected chi connectivity index (χ0v) is 13.6. The van der Waals surface area contributed by atoms with Crippen LogP contribution in [0.4, 0.5) is 4.79 Å². The molecule has 2 amide bonds. The normalized spacial score (nSPS) is 15.5. The summed E-state index contributed by atoms with van der Waals surface area (Å²) < 4.78 is 5.15. The zero-order valence-electron chi connectivity index (χ0n) is 13.6. The van der Waals surface area contributed by atoms with Gasteiger partial charge in [0.25, 0.3) is 18.4 Å². The highest BCUT2D eigenvalue weighted by Crippen LogP contribution is 2.30. The first-order valence-corrected chi connectivity index (χ1v) is 7.40. The van der Waals surface area contributed by atoms with Crippen molar-refractivity contribution in [1.82, 2.24) is 5.06 Å². The van der Waals surface area contributed by atoms with Crippen molar-refractivity contribution in [3.8, 4) is 0 Å². The summed E-state index contributed by atoms with van der Waals surface area (Å²) in [4.78, 5) is 45.2. The van der Waals surface area contributed by atoms with Gasteiger partial charge in [0, 0.05) is 29.7 Å². The fourth-order valence-corrected chi connectivity index (χ4v) is 2.21. The number of nitrogens with zero attached hydrogens (tertiary/aromatic N) is 5. The Labute approximate surface area is 139 Å². The number of amides is 2. The summed E-state index contributed by atoms with van der Waals surface area (Å²) in [7, 11) is 0.